The Morgan fingerprint density at radius 3 is 2.85 bits per heavy atom. The molecule has 1 saturated heterocycles. The molecule has 5 heteroatoms. The molecule has 1 atom stereocenters. The summed E-state index contributed by atoms with van der Waals surface area (Å²) < 4.78 is 5.39. The second kappa shape index (κ2) is 9.00. The highest BCUT2D eigenvalue weighted by atomic mass is 32.1. The highest BCUT2D eigenvalue weighted by Gasteiger charge is 2.23. The van der Waals surface area contributed by atoms with Crippen LogP contribution in [0.4, 0.5) is 0 Å². The molecular weight excluding hydrogens is 358 g/mol. The smallest absolute Gasteiger partial charge is 0.340 e. The third-order valence-electron chi connectivity index (χ3n) is 4.70. The number of aryl methyl sites for hydroxylation is 1. The molecule has 0 N–H and O–H groups in total. The summed E-state index contributed by atoms with van der Waals surface area (Å²) in [5.74, 6) is -0.0744. The van der Waals surface area contributed by atoms with Gasteiger partial charge in [0.25, 0.3) is 5.91 Å². The number of nitrogens with zero attached hydrogens (tertiary/aromatic N) is 1. The number of carbonyl (C=O) groups is 2. The number of rotatable bonds is 5. The van der Waals surface area contributed by atoms with Gasteiger partial charge in [0.1, 0.15) is 0 Å². The minimum Gasteiger partial charge on any atom is -0.452 e. The van der Waals surface area contributed by atoms with Gasteiger partial charge >= 0.3 is 5.97 Å². The first-order chi connectivity index (χ1) is 13.0. The van der Waals surface area contributed by atoms with E-state index in [9.17, 15) is 9.59 Å². The predicted molar refractivity (Wildman–Crippen MR) is 109 cm³/mol. The Morgan fingerprint density at radius 2 is 2.15 bits per heavy atom. The quantitative estimate of drug-likeness (QED) is 0.568. The zero-order chi connectivity index (χ0) is 19.2. The zero-order valence-electron chi connectivity index (χ0n) is 15.8. The number of carbonyl (C=O) groups excluding carboxylic acids is 2. The molecule has 3 rings (SSSR count). The molecule has 0 radical (unpaired) electrons. The topological polar surface area (TPSA) is 46.6 Å². The van der Waals surface area contributed by atoms with Crippen LogP contribution in [0.3, 0.4) is 0 Å². The minimum atomic E-state index is -0.461. The summed E-state index contributed by atoms with van der Waals surface area (Å²) in [4.78, 5) is 27.8. The minimum absolute atomic E-state index is 0.115. The van der Waals surface area contributed by atoms with E-state index in [0.717, 1.165) is 41.9 Å². The van der Waals surface area contributed by atoms with Crippen LogP contribution in [0.25, 0.3) is 11.6 Å². The van der Waals surface area contributed by atoms with Crippen LogP contribution < -0.4 is 0 Å². The van der Waals surface area contributed by atoms with E-state index in [2.05, 4.69) is 6.92 Å². The van der Waals surface area contributed by atoms with E-state index >= 15 is 0 Å². The SMILES string of the molecule is Cc1cccc(/C=C(/C(=O)OCC(=O)N2CCC[C@H](C)C2)c2cccs2)c1. The fraction of sp³-hybridized carbons (Fsp3) is 0.364. The Bertz CT molecular complexity index is 826. The number of thiophene rings is 1. The number of amides is 1. The second-order valence-electron chi connectivity index (χ2n) is 7.11. The number of hydrogen-bond acceptors (Lipinski definition) is 4. The highest BCUT2D eigenvalue weighted by molar-refractivity contribution is 7.11. The van der Waals surface area contributed by atoms with Crippen molar-refractivity contribution in [2.75, 3.05) is 19.7 Å². The summed E-state index contributed by atoms with van der Waals surface area (Å²) in [6.07, 6.45) is 3.98. The van der Waals surface area contributed by atoms with Crippen molar-refractivity contribution in [2.45, 2.75) is 26.7 Å². The van der Waals surface area contributed by atoms with Crippen molar-refractivity contribution >= 4 is 34.9 Å². The first-order valence-corrected chi connectivity index (χ1v) is 10.2. The van der Waals surface area contributed by atoms with Gasteiger partial charge in [-0.2, -0.15) is 0 Å². The van der Waals surface area contributed by atoms with Gasteiger partial charge in [-0.1, -0.05) is 42.8 Å². The van der Waals surface area contributed by atoms with Gasteiger partial charge in [0.2, 0.25) is 0 Å². The molecule has 0 bridgehead atoms. The lowest BCUT2D eigenvalue weighted by Gasteiger charge is -2.30. The molecule has 1 aromatic carbocycles. The molecule has 27 heavy (non-hydrogen) atoms. The molecule has 2 heterocycles. The van der Waals surface area contributed by atoms with Gasteiger partial charge in [-0.05, 0) is 48.8 Å². The number of hydrogen-bond donors (Lipinski definition) is 0. The fourth-order valence-electron chi connectivity index (χ4n) is 3.30. The monoisotopic (exact) mass is 383 g/mol. The van der Waals surface area contributed by atoms with Crippen molar-refractivity contribution in [3.05, 3.63) is 57.8 Å². The van der Waals surface area contributed by atoms with Crippen LogP contribution in [0, 0.1) is 12.8 Å². The van der Waals surface area contributed by atoms with Gasteiger partial charge in [0.15, 0.2) is 6.61 Å². The van der Waals surface area contributed by atoms with E-state index in [4.69, 9.17) is 4.74 Å². The third kappa shape index (κ3) is 5.30. The number of esters is 1. The summed E-state index contributed by atoms with van der Waals surface area (Å²) in [5.41, 5.74) is 2.54. The van der Waals surface area contributed by atoms with Crippen LogP contribution in [0.5, 0.6) is 0 Å². The molecule has 1 amide bonds. The van der Waals surface area contributed by atoms with Gasteiger partial charge < -0.3 is 9.64 Å². The predicted octanol–water partition coefficient (Wildman–Crippen LogP) is 4.40. The Labute approximate surface area is 164 Å². The summed E-state index contributed by atoms with van der Waals surface area (Å²) in [6.45, 7) is 5.44. The zero-order valence-corrected chi connectivity index (χ0v) is 16.6. The molecule has 2 aromatic rings. The molecule has 0 spiro atoms. The van der Waals surface area contributed by atoms with Crippen LogP contribution in [0.2, 0.25) is 0 Å². The Balaban J connectivity index is 1.71. The standard InChI is InChI=1S/C22H25NO3S/c1-16-6-3-8-18(12-16)13-19(20-9-5-11-27-20)22(25)26-15-21(24)23-10-4-7-17(2)14-23/h3,5-6,8-9,11-13,17H,4,7,10,14-15H2,1-2H3/b19-13+/t17-/m0/s1. The van der Waals surface area contributed by atoms with Gasteiger partial charge in [-0.3, -0.25) is 4.79 Å². The number of piperidine rings is 1. The average Bonchev–Trinajstić information content (AvgIpc) is 3.18. The van der Waals surface area contributed by atoms with Crippen LogP contribution in [0.1, 0.15) is 35.8 Å². The van der Waals surface area contributed by atoms with Crippen LogP contribution in [0.15, 0.2) is 41.8 Å². The average molecular weight is 384 g/mol. The maximum absolute atomic E-state index is 12.7. The van der Waals surface area contributed by atoms with Crippen LogP contribution in [-0.4, -0.2) is 36.5 Å². The van der Waals surface area contributed by atoms with Crippen molar-refractivity contribution < 1.29 is 14.3 Å². The fourth-order valence-corrected chi connectivity index (χ4v) is 4.03. The van der Waals surface area contributed by atoms with E-state index in [-0.39, 0.29) is 12.5 Å². The molecule has 1 aliphatic heterocycles. The molecule has 1 fully saturated rings. The number of ether oxygens (including phenoxy) is 1. The second-order valence-corrected chi connectivity index (χ2v) is 8.06. The Hall–Kier alpha value is -2.40. The maximum Gasteiger partial charge on any atom is 0.340 e. The summed E-state index contributed by atoms with van der Waals surface area (Å²) >= 11 is 1.48. The molecule has 0 unspecified atom stereocenters. The largest absolute Gasteiger partial charge is 0.452 e. The lowest BCUT2D eigenvalue weighted by molar-refractivity contribution is -0.148. The van der Waals surface area contributed by atoms with Gasteiger partial charge in [-0.15, -0.1) is 11.3 Å². The van der Waals surface area contributed by atoms with Crippen molar-refractivity contribution in [3.8, 4) is 0 Å². The van der Waals surface area contributed by atoms with Crippen molar-refractivity contribution in [1.82, 2.24) is 4.90 Å². The molecule has 0 aliphatic carbocycles. The summed E-state index contributed by atoms with van der Waals surface area (Å²) in [7, 11) is 0. The van der Waals surface area contributed by atoms with Crippen molar-refractivity contribution in [2.24, 2.45) is 5.92 Å². The molecule has 1 aliphatic rings. The molecular formula is C22H25NO3S. The molecule has 4 nitrogen and oxygen atoms in total. The van der Waals surface area contributed by atoms with Gasteiger partial charge in [-0.25, -0.2) is 4.79 Å². The number of likely N-dealkylation sites (tertiary alicyclic amines) is 1. The highest BCUT2D eigenvalue weighted by Crippen LogP contribution is 2.25. The normalized spacial score (nSPS) is 17.6. The molecule has 142 valence electrons. The van der Waals surface area contributed by atoms with Gasteiger partial charge in [0, 0.05) is 18.0 Å². The van der Waals surface area contributed by atoms with Crippen LogP contribution >= 0.6 is 11.3 Å². The van der Waals surface area contributed by atoms with E-state index < -0.39 is 5.97 Å². The van der Waals surface area contributed by atoms with E-state index in [1.54, 1.807) is 4.90 Å². The van der Waals surface area contributed by atoms with Crippen LogP contribution in [-0.2, 0) is 14.3 Å². The molecule has 1 aromatic heterocycles. The van der Waals surface area contributed by atoms with Crippen molar-refractivity contribution in [3.63, 3.8) is 0 Å². The van der Waals surface area contributed by atoms with E-state index in [1.165, 1.54) is 11.3 Å². The first-order valence-electron chi connectivity index (χ1n) is 9.30. The van der Waals surface area contributed by atoms with Crippen molar-refractivity contribution in [1.29, 1.82) is 0 Å². The first kappa shape index (κ1) is 19.4. The van der Waals surface area contributed by atoms with E-state index in [1.807, 2.05) is 54.8 Å². The number of benzene rings is 1. The summed E-state index contributed by atoms with van der Waals surface area (Å²) in [5, 5.41) is 1.92. The Morgan fingerprint density at radius 1 is 1.30 bits per heavy atom. The lowest BCUT2D eigenvalue weighted by atomic mass is 10.0. The van der Waals surface area contributed by atoms with E-state index in [0.29, 0.717) is 11.5 Å². The Kier molecular flexibility index (Phi) is 6.45. The third-order valence-corrected chi connectivity index (χ3v) is 5.60. The maximum atomic E-state index is 12.7. The summed E-state index contributed by atoms with van der Waals surface area (Å²) in [6, 6.07) is 11.7. The lowest BCUT2D eigenvalue weighted by Crippen LogP contribution is -2.41. The van der Waals surface area contributed by atoms with Gasteiger partial charge in [0.05, 0.1) is 5.57 Å². The molecule has 0 saturated carbocycles.